The van der Waals surface area contributed by atoms with E-state index in [0.29, 0.717) is 0 Å². The molecule has 0 saturated heterocycles. The number of nitro groups is 1. The van der Waals surface area contributed by atoms with Gasteiger partial charge < -0.3 is 11.1 Å². The fourth-order valence-corrected chi connectivity index (χ4v) is 1.73. The first kappa shape index (κ1) is 14.4. The molecule has 0 atom stereocenters. The lowest BCUT2D eigenvalue weighted by Gasteiger charge is -2.05. The molecule has 0 bridgehead atoms. The van der Waals surface area contributed by atoms with Crippen LogP contribution in [0.5, 0.6) is 0 Å². The minimum absolute atomic E-state index is 0.0810. The van der Waals surface area contributed by atoms with Crippen molar-refractivity contribution in [3.63, 3.8) is 0 Å². The number of hydrogen-bond acceptors (Lipinski definition) is 6. The van der Waals surface area contributed by atoms with Crippen LogP contribution in [0.3, 0.4) is 0 Å². The number of aromatic nitrogens is 3. The molecule has 0 aromatic carbocycles. The quantitative estimate of drug-likeness (QED) is 0.624. The van der Waals surface area contributed by atoms with E-state index >= 15 is 0 Å². The zero-order chi connectivity index (χ0) is 15.6. The predicted molar refractivity (Wildman–Crippen MR) is 74.4 cm³/mol. The highest BCUT2D eigenvalue weighted by Gasteiger charge is 2.17. The molecule has 2 rings (SSSR count). The van der Waals surface area contributed by atoms with E-state index in [4.69, 9.17) is 5.73 Å². The van der Waals surface area contributed by atoms with E-state index in [2.05, 4.69) is 15.4 Å². The molecular weight excluding hydrogens is 276 g/mol. The van der Waals surface area contributed by atoms with Gasteiger partial charge in [-0.05, 0) is 6.92 Å². The Labute approximate surface area is 119 Å². The van der Waals surface area contributed by atoms with Crippen LogP contribution < -0.4 is 11.1 Å². The summed E-state index contributed by atoms with van der Waals surface area (Å²) in [4.78, 5) is 25.7. The Morgan fingerprint density at radius 1 is 1.52 bits per heavy atom. The lowest BCUT2D eigenvalue weighted by atomic mass is 10.2. The van der Waals surface area contributed by atoms with Crippen LogP contribution in [0.4, 0.5) is 11.5 Å². The maximum absolute atomic E-state index is 12.0. The van der Waals surface area contributed by atoms with Gasteiger partial charge in [0.2, 0.25) is 5.82 Å². The number of amides is 1. The SMILES string of the molecule is Cc1c(CNC(=O)c2cnc(N)c([N+](=O)[O-])c2)cnn1C. The Bertz CT molecular complexity index is 709. The van der Waals surface area contributed by atoms with Gasteiger partial charge in [-0.15, -0.1) is 0 Å². The van der Waals surface area contributed by atoms with Crippen LogP contribution >= 0.6 is 0 Å². The number of rotatable bonds is 4. The van der Waals surface area contributed by atoms with Gasteiger partial charge in [0.1, 0.15) is 0 Å². The molecule has 2 heterocycles. The van der Waals surface area contributed by atoms with Crippen molar-refractivity contribution >= 4 is 17.4 Å². The Hall–Kier alpha value is -2.97. The number of hydrogen-bond donors (Lipinski definition) is 2. The molecule has 0 spiro atoms. The topological polar surface area (TPSA) is 129 Å². The number of anilines is 1. The number of carbonyl (C=O) groups is 1. The van der Waals surface area contributed by atoms with Crippen LogP contribution in [0.2, 0.25) is 0 Å². The Morgan fingerprint density at radius 3 is 2.81 bits per heavy atom. The van der Waals surface area contributed by atoms with E-state index in [1.807, 2.05) is 6.92 Å². The smallest absolute Gasteiger partial charge is 0.311 e. The monoisotopic (exact) mass is 290 g/mol. The third-order valence-corrected chi connectivity index (χ3v) is 3.13. The number of nitrogens with one attached hydrogen (secondary N) is 1. The maximum Gasteiger partial charge on any atom is 0.311 e. The van der Waals surface area contributed by atoms with Crippen LogP contribution in [0.15, 0.2) is 18.5 Å². The summed E-state index contributed by atoms with van der Waals surface area (Å²) in [5.41, 5.74) is 6.87. The number of nitrogens with two attached hydrogens (primary N) is 1. The van der Waals surface area contributed by atoms with Crippen LogP contribution in [-0.2, 0) is 13.6 Å². The molecule has 0 unspecified atom stereocenters. The predicted octanol–water partition coefficient (Wildman–Crippen LogP) is 0.544. The van der Waals surface area contributed by atoms with Gasteiger partial charge in [-0.1, -0.05) is 0 Å². The number of carbonyl (C=O) groups excluding carboxylic acids is 1. The van der Waals surface area contributed by atoms with E-state index in [-0.39, 0.29) is 23.6 Å². The molecule has 0 aliphatic carbocycles. The highest BCUT2D eigenvalue weighted by Crippen LogP contribution is 2.19. The zero-order valence-electron chi connectivity index (χ0n) is 11.5. The third kappa shape index (κ3) is 2.96. The lowest BCUT2D eigenvalue weighted by molar-refractivity contribution is -0.384. The number of aryl methyl sites for hydroxylation is 1. The van der Waals surface area contributed by atoms with Gasteiger partial charge in [-0.2, -0.15) is 5.10 Å². The highest BCUT2D eigenvalue weighted by molar-refractivity contribution is 5.94. The summed E-state index contributed by atoms with van der Waals surface area (Å²) in [6.45, 7) is 2.15. The molecule has 3 N–H and O–H groups in total. The Balaban J connectivity index is 2.12. The Morgan fingerprint density at radius 2 is 2.24 bits per heavy atom. The van der Waals surface area contributed by atoms with Gasteiger partial charge in [0.05, 0.1) is 16.7 Å². The molecule has 1 amide bonds. The number of nitrogen functional groups attached to an aromatic ring is 1. The second kappa shape index (κ2) is 5.57. The Kier molecular flexibility index (Phi) is 3.83. The fourth-order valence-electron chi connectivity index (χ4n) is 1.73. The summed E-state index contributed by atoms with van der Waals surface area (Å²) in [6.07, 6.45) is 2.85. The van der Waals surface area contributed by atoms with Crippen molar-refractivity contribution in [2.24, 2.45) is 7.05 Å². The molecule has 0 aliphatic rings. The summed E-state index contributed by atoms with van der Waals surface area (Å²) in [5.74, 6) is -0.687. The van der Waals surface area contributed by atoms with Gasteiger partial charge in [-0.25, -0.2) is 4.98 Å². The van der Waals surface area contributed by atoms with Gasteiger partial charge in [0, 0.05) is 37.1 Å². The highest BCUT2D eigenvalue weighted by atomic mass is 16.6. The summed E-state index contributed by atoms with van der Waals surface area (Å²) in [7, 11) is 1.80. The van der Waals surface area contributed by atoms with Crippen molar-refractivity contribution in [3.05, 3.63) is 45.4 Å². The molecule has 0 radical (unpaired) electrons. The standard InChI is InChI=1S/C12H14N6O3/c1-7-9(6-16-17(7)2)5-15-12(19)8-3-10(18(20)21)11(13)14-4-8/h3-4,6H,5H2,1-2H3,(H2,13,14)(H,15,19). The first-order valence-electron chi connectivity index (χ1n) is 6.05. The molecular formula is C12H14N6O3. The molecule has 110 valence electrons. The minimum Gasteiger partial charge on any atom is -0.378 e. The fraction of sp³-hybridized carbons (Fsp3) is 0.250. The molecule has 2 aromatic heterocycles. The van der Waals surface area contributed by atoms with E-state index in [0.717, 1.165) is 17.3 Å². The van der Waals surface area contributed by atoms with Crippen LogP contribution in [0, 0.1) is 17.0 Å². The van der Waals surface area contributed by atoms with Crippen molar-refractivity contribution in [1.29, 1.82) is 0 Å². The molecule has 0 fully saturated rings. The molecule has 0 aliphatic heterocycles. The van der Waals surface area contributed by atoms with Crippen LogP contribution in [-0.4, -0.2) is 25.6 Å². The summed E-state index contributed by atoms with van der Waals surface area (Å²) < 4.78 is 1.69. The van der Waals surface area contributed by atoms with Crippen molar-refractivity contribution < 1.29 is 9.72 Å². The van der Waals surface area contributed by atoms with Crippen molar-refractivity contribution in [2.45, 2.75) is 13.5 Å². The van der Waals surface area contributed by atoms with E-state index in [1.54, 1.807) is 17.9 Å². The molecule has 2 aromatic rings. The zero-order valence-corrected chi connectivity index (χ0v) is 11.5. The lowest BCUT2D eigenvalue weighted by Crippen LogP contribution is -2.23. The first-order chi connectivity index (χ1) is 9.90. The van der Waals surface area contributed by atoms with Crippen molar-refractivity contribution in [1.82, 2.24) is 20.1 Å². The molecule has 0 saturated carbocycles. The van der Waals surface area contributed by atoms with E-state index in [1.165, 1.54) is 6.20 Å². The second-order valence-electron chi connectivity index (χ2n) is 4.45. The summed E-state index contributed by atoms with van der Waals surface area (Å²) >= 11 is 0. The van der Waals surface area contributed by atoms with Crippen LogP contribution in [0.1, 0.15) is 21.6 Å². The van der Waals surface area contributed by atoms with Crippen LogP contribution in [0.25, 0.3) is 0 Å². The first-order valence-corrected chi connectivity index (χ1v) is 6.05. The summed E-state index contributed by atoms with van der Waals surface area (Å²) in [5, 5.41) is 17.5. The maximum atomic E-state index is 12.0. The van der Waals surface area contributed by atoms with Gasteiger partial charge >= 0.3 is 5.69 Å². The molecule has 9 heteroatoms. The molecule has 9 nitrogen and oxygen atoms in total. The van der Waals surface area contributed by atoms with Crippen molar-refractivity contribution in [3.8, 4) is 0 Å². The second-order valence-corrected chi connectivity index (χ2v) is 4.45. The number of pyridine rings is 1. The average Bonchev–Trinajstić information content (AvgIpc) is 2.76. The van der Waals surface area contributed by atoms with Gasteiger partial charge in [0.15, 0.2) is 0 Å². The van der Waals surface area contributed by atoms with E-state index < -0.39 is 10.8 Å². The molecule has 21 heavy (non-hydrogen) atoms. The third-order valence-electron chi connectivity index (χ3n) is 3.13. The number of nitrogens with zero attached hydrogens (tertiary/aromatic N) is 4. The largest absolute Gasteiger partial charge is 0.378 e. The van der Waals surface area contributed by atoms with Gasteiger partial charge in [-0.3, -0.25) is 19.6 Å². The van der Waals surface area contributed by atoms with Gasteiger partial charge in [0.25, 0.3) is 5.91 Å². The average molecular weight is 290 g/mol. The van der Waals surface area contributed by atoms with E-state index in [9.17, 15) is 14.9 Å². The summed E-state index contributed by atoms with van der Waals surface area (Å²) in [6, 6.07) is 1.10. The normalized spacial score (nSPS) is 10.4. The minimum atomic E-state index is -0.676. The van der Waals surface area contributed by atoms with Crippen molar-refractivity contribution in [2.75, 3.05) is 5.73 Å².